The summed E-state index contributed by atoms with van der Waals surface area (Å²) in [6, 6.07) is 0. The monoisotopic (exact) mass is 194 g/mol. The third-order valence-corrected chi connectivity index (χ3v) is 0. The molecule has 0 aromatic carbocycles. The van der Waals surface area contributed by atoms with Crippen molar-refractivity contribution in [3.63, 3.8) is 0 Å². The van der Waals surface area contributed by atoms with Crippen molar-refractivity contribution in [2.45, 2.75) is 17.9 Å². The van der Waals surface area contributed by atoms with Crippen molar-refractivity contribution in [1.82, 2.24) is 0 Å². The maximum Gasteiger partial charge on any atom is -1.00 e. The van der Waals surface area contributed by atoms with E-state index < -0.39 is 0 Å². The van der Waals surface area contributed by atoms with Gasteiger partial charge in [0.1, 0.15) is 0 Å². The summed E-state index contributed by atoms with van der Waals surface area (Å²) in [7, 11) is 0. The Hall–Kier alpha value is 1.50. The largest absolute Gasteiger partial charge is 1.00 e. The zero-order chi connectivity index (χ0) is 3.58. The predicted molar refractivity (Wildman–Crippen MR) is 20.9 cm³/mol. The van der Waals surface area contributed by atoms with Gasteiger partial charge in [-0.1, -0.05) is 0 Å². The van der Waals surface area contributed by atoms with Gasteiger partial charge in [-0.05, 0) is 0 Å². The Balaban J connectivity index is 0. The summed E-state index contributed by atoms with van der Waals surface area (Å²) in [5.74, 6) is 0. The van der Waals surface area contributed by atoms with Crippen LogP contribution < -0.4 is 24.0 Å². The molecular formula is C3H7IMg. The van der Waals surface area contributed by atoms with Crippen LogP contribution in [-0.4, -0.2) is 21.7 Å². The van der Waals surface area contributed by atoms with Gasteiger partial charge in [-0.3, -0.25) is 0 Å². The Morgan fingerprint density at radius 3 is 1.40 bits per heavy atom. The summed E-state index contributed by atoms with van der Waals surface area (Å²) in [5, 5.41) is 0. The second-order valence-corrected chi connectivity index (χ2v) is 3.03. The van der Waals surface area contributed by atoms with E-state index in [1.54, 1.807) is 0 Å². The van der Waals surface area contributed by atoms with Crippen LogP contribution in [0, 0.1) is 0 Å². The molecule has 0 nitrogen and oxygen atoms in total. The Morgan fingerprint density at radius 1 is 1.40 bits per heavy atom. The summed E-state index contributed by atoms with van der Waals surface area (Å²) < 4.78 is 0.861. The number of rotatable bonds is 0. The average Bonchev–Trinajstić information content (AvgIpc) is 0.811. The topological polar surface area (TPSA) is 0 Å². The van der Waals surface area contributed by atoms with E-state index in [-0.39, 0.29) is 24.0 Å². The van der Waals surface area contributed by atoms with Gasteiger partial charge in [0.05, 0.1) is 0 Å². The fourth-order valence-electron chi connectivity index (χ4n) is 0. The molecule has 0 aromatic heterocycles. The predicted octanol–water partition coefficient (Wildman–Crippen LogP) is -2.01. The van der Waals surface area contributed by atoms with Crippen LogP contribution in [-0.2, 0) is 0 Å². The van der Waals surface area contributed by atoms with Crippen molar-refractivity contribution in [3.8, 4) is 0 Å². The second kappa shape index (κ2) is 5.50. The first-order valence-electron chi connectivity index (χ1n) is 1.56. The van der Waals surface area contributed by atoms with E-state index in [1.807, 2.05) is 21.7 Å². The molecule has 0 atom stereocenters. The smallest absolute Gasteiger partial charge is 1.00 e. The van der Waals surface area contributed by atoms with Crippen molar-refractivity contribution < 1.29 is 24.0 Å². The molecule has 0 unspecified atom stereocenters. The fourth-order valence-corrected chi connectivity index (χ4v) is 0. The van der Waals surface area contributed by atoms with Crippen LogP contribution in [0.1, 0.15) is 13.8 Å². The van der Waals surface area contributed by atoms with Gasteiger partial charge in [0.25, 0.3) is 0 Å². The Morgan fingerprint density at radius 2 is 1.40 bits per heavy atom. The molecule has 0 amide bonds. The summed E-state index contributed by atoms with van der Waals surface area (Å²) in [6.45, 7) is 4.36. The van der Waals surface area contributed by atoms with E-state index in [4.69, 9.17) is 0 Å². The molecule has 0 N–H and O–H groups in total. The molecule has 0 radical (unpaired) electrons. The molecule has 2 heteroatoms. The second-order valence-electron chi connectivity index (χ2n) is 1.39. The maximum atomic E-state index is 2.18. The minimum absolute atomic E-state index is 0. The molecule has 0 heterocycles. The van der Waals surface area contributed by atoms with Crippen LogP contribution in [0.15, 0.2) is 0 Å². The van der Waals surface area contributed by atoms with Crippen LogP contribution in [0.2, 0.25) is 4.05 Å². The van der Waals surface area contributed by atoms with Gasteiger partial charge in [-0.25, -0.2) is 0 Å². The van der Waals surface area contributed by atoms with E-state index in [9.17, 15) is 0 Å². The summed E-state index contributed by atoms with van der Waals surface area (Å²) in [5.41, 5.74) is 0. The van der Waals surface area contributed by atoms with Crippen LogP contribution >= 0.6 is 0 Å². The fraction of sp³-hybridized carbons (Fsp3) is 1.00. The first kappa shape index (κ1) is 9.71. The quantitative estimate of drug-likeness (QED) is 0.309. The molecule has 0 spiro atoms. The number of hydrogen-bond donors (Lipinski definition) is 0. The molecule has 0 saturated carbocycles. The van der Waals surface area contributed by atoms with E-state index in [0.29, 0.717) is 0 Å². The average molecular weight is 194 g/mol. The van der Waals surface area contributed by atoms with Crippen molar-refractivity contribution in [3.05, 3.63) is 0 Å². The maximum absolute atomic E-state index is 2.18. The molecule has 0 aliphatic rings. The first-order valence-corrected chi connectivity index (χ1v) is 2.38. The van der Waals surface area contributed by atoms with Crippen molar-refractivity contribution in [2.75, 3.05) is 0 Å². The molecule has 0 fully saturated rings. The molecule has 28 valence electrons. The summed E-state index contributed by atoms with van der Waals surface area (Å²) in [4.78, 5) is 0. The Labute approximate surface area is 63.2 Å². The summed E-state index contributed by atoms with van der Waals surface area (Å²) >= 11 is 2.00. The minimum Gasteiger partial charge on any atom is -1.00 e. The molecule has 5 heavy (non-hydrogen) atoms. The van der Waals surface area contributed by atoms with Gasteiger partial charge in [-0.15, -0.1) is 0 Å². The molecule has 0 aliphatic carbocycles. The van der Waals surface area contributed by atoms with Crippen LogP contribution in [0.25, 0.3) is 0 Å². The summed E-state index contributed by atoms with van der Waals surface area (Å²) in [6.07, 6.45) is 0. The van der Waals surface area contributed by atoms with Crippen molar-refractivity contribution in [1.29, 1.82) is 0 Å². The van der Waals surface area contributed by atoms with Crippen LogP contribution in [0.3, 0.4) is 0 Å². The van der Waals surface area contributed by atoms with E-state index in [2.05, 4.69) is 13.8 Å². The molecule has 0 aliphatic heterocycles. The zero-order valence-corrected chi connectivity index (χ0v) is 7.23. The standard InChI is InChI=1S/C3H7.HI.Mg/c1-3-2;;/h3H,1-2H3;1H;/q;;+1/p-1. The molecular weight excluding hydrogens is 187 g/mol. The number of hydrogen-bond acceptors (Lipinski definition) is 0. The molecule has 0 bridgehead atoms. The SMILES string of the molecule is C[CH](C)[Mg+].[I-]. The minimum atomic E-state index is 0. The van der Waals surface area contributed by atoms with Gasteiger partial charge in [0.15, 0.2) is 0 Å². The van der Waals surface area contributed by atoms with Gasteiger partial charge in [0, 0.05) is 0 Å². The molecule has 0 aromatic rings. The van der Waals surface area contributed by atoms with E-state index in [1.165, 1.54) is 0 Å². The van der Waals surface area contributed by atoms with Gasteiger partial charge in [0.2, 0.25) is 0 Å². The van der Waals surface area contributed by atoms with Gasteiger partial charge in [-0.2, -0.15) is 0 Å². The Bertz CT molecular complexity index is 11.6. The van der Waals surface area contributed by atoms with E-state index >= 15 is 0 Å². The first-order chi connectivity index (χ1) is 1.73. The van der Waals surface area contributed by atoms with E-state index in [0.717, 1.165) is 4.05 Å². The van der Waals surface area contributed by atoms with Crippen LogP contribution in [0.5, 0.6) is 0 Å². The van der Waals surface area contributed by atoms with Crippen LogP contribution in [0.4, 0.5) is 0 Å². The Kier molecular flexibility index (Phi) is 10.7. The number of halogens is 1. The zero-order valence-electron chi connectivity index (χ0n) is 3.66. The van der Waals surface area contributed by atoms with Crippen molar-refractivity contribution in [2.24, 2.45) is 0 Å². The third-order valence-electron chi connectivity index (χ3n) is 0. The van der Waals surface area contributed by atoms with Gasteiger partial charge >= 0.3 is 39.6 Å². The van der Waals surface area contributed by atoms with Gasteiger partial charge < -0.3 is 24.0 Å². The third kappa shape index (κ3) is 30.0. The molecule has 0 rings (SSSR count). The molecule has 0 saturated heterocycles. The normalized spacial score (nSPS) is 7.40. The van der Waals surface area contributed by atoms with Crippen molar-refractivity contribution >= 4 is 21.7 Å².